The van der Waals surface area contributed by atoms with Gasteiger partial charge in [-0.1, -0.05) is 5.21 Å². The molecule has 4 aromatic rings. The summed E-state index contributed by atoms with van der Waals surface area (Å²) in [5.74, 6) is -0.145. The summed E-state index contributed by atoms with van der Waals surface area (Å²) in [5.41, 5.74) is 2.32. The van der Waals surface area contributed by atoms with E-state index in [2.05, 4.69) is 15.6 Å². The molecule has 6 nitrogen and oxygen atoms in total. The Morgan fingerprint density at radius 2 is 1.86 bits per heavy atom. The van der Waals surface area contributed by atoms with Crippen LogP contribution in [0.2, 0.25) is 0 Å². The SMILES string of the molecule is Cn1nnc2c3cc(C(=O)NC4CC4)ccc3n(-c3ccc(C(F)(F)F)cc3)c21. The van der Waals surface area contributed by atoms with Gasteiger partial charge in [-0.05, 0) is 55.3 Å². The molecule has 1 N–H and O–H groups in total. The highest BCUT2D eigenvalue weighted by Crippen LogP contribution is 2.33. The van der Waals surface area contributed by atoms with Crippen LogP contribution in [0.25, 0.3) is 27.8 Å². The number of nitrogens with one attached hydrogen (secondary N) is 1. The van der Waals surface area contributed by atoms with E-state index in [1.165, 1.54) is 12.1 Å². The van der Waals surface area contributed by atoms with Gasteiger partial charge in [-0.15, -0.1) is 5.10 Å². The molecule has 0 saturated heterocycles. The number of carbonyl (C=O) groups is 1. The number of aromatic nitrogens is 4. The molecule has 5 rings (SSSR count). The van der Waals surface area contributed by atoms with Crippen molar-refractivity contribution in [1.82, 2.24) is 24.9 Å². The number of carbonyl (C=O) groups excluding carboxylic acids is 1. The molecule has 0 unspecified atom stereocenters. The quantitative estimate of drug-likeness (QED) is 0.570. The largest absolute Gasteiger partial charge is 0.416 e. The van der Waals surface area contributed by atoms with Gasteiger partial charge in [0.1, 0.15) is 5.52 Å². The van der Waals surface area contributed by atoms with E-state index in [9.17, 15) is 18.0 Å². The van der Waals surface area contributed by atoms with Gasteiger partial charge in [0.15, 0.2) is 5.65 Å². The number of benzene rings is 2. The van der Waals surface area contributed by atoms with Crippen LogP contribution in [0.4, 0.5) is 13.2 Å². The maximum Gasteiger partial charge on any atom is 0.416 e. The number of nitrogens with zero attached hydrogens (tertiary/aromatic N) is 4. The van der Waals surface area contributed by atoms with E-state index >= 15 is 0 Å². The third kappa shape index (κ3) is 2.93. The third-order valence-corrected chi connectivity index (χ3v) is 5.13. The molecule has 9 heteroatoms. The van der Waals surface area contributed by atoms with Crippen LogP contribution in [0.1, 0.15) is 28.8 Å². The zero-order valence-corrected chi connectivity index (χ0v) is 15.4. The normalized spacial score (nSPS) is 14.6. The molecule has 0 spiro atoms. The van der Waals surface area contributed by atoms with Crippen LogP contribution >= 0.6 is 0 Å². The van der Waals surface area contributed by atoms with Crippen molar-refractivity contribution in [3.63, 3.8) is 0 Å². The molecule has 1 fully saturated rings. The molecule has 0 aliphatic heterocycles. The first-order valence-corrected chi connectivity index (χ1v) is 9.15. The zero-order valence-electron chi connectivity index (χ0n) is 15.4. The molecule has 0 atom stereocenters. The van der Waals surface area contributed by atoms with Crippen molar-refractivity contribution < 1.29 is 18.0 Å². The van der Waals surface area contributed by atoms with Crippen molar-refractivity contribution >= 4 is 28.0 Å². The minimum absolute atomic E-state index is 0.145. The fraction of sp³-hybridized carbons (Fsp3) is 0.250. The molecule has 0 bridgehead atoms. The van der Waals surface area contributed by atoms with E-state index in [1.807, 2.05) is 0 Å². The van der Waals surface area contributed by atoms with Crippen LogP contribution in [0.15, 0.2) is 42.5 Å². The van der Waals surface area contributed by atoms with Crippen molar-refractivity contribution in [2.24, 2.45) is 7.05 Å². The first-order chi connectivity index (χ1) is 13.8. The van der Waals surface area contributed by atoms with E-state index < -0.39 is 11.7 Å². The molecule has 1 saturated carbocycles. The molecule has 2 aromatic heterocycles. The lowest BCUT2D eigenvalue weighted by molar-refractivity contribution is -0.137. The van der Waals surface area contributed by atoms with E-state index in [-0.39, 0.29) is 11.9 Å². The predicted octanol–water partition coefficient (Wildman–Crippen LogP) is 3.82. The maximum absolute atomic E-state index is 12.9. The van der Waals surface area contributed by atoms with Gasteiger partial charge >= 0.3 is 6.18 Å². The fourth-order valence-corrected chi connectivity index (χ4v) is 3.51. The van der Waals surface area contributed by atoms with Crippen LogP contribution in [0.3, 0.4) is 0 Å². The van der Waals surface area contributed by atoms with Crippen molar-refractivity contribution in [2.75, 3.05) is 0 Å². The average Bonchev–Trinajstić information content (AvgIpc) is 3.33. The van der Waals surface area contributed by atoms with Crippen LogP contribution in [0.5, 0.6) is 0 Å². The summed E-state index contributed by atoms with van der Waals surface area (Å²) in [7, 11) is 1.72. The Labute approximate surface area is 162 Å². The monoisotopic (exact) mass is 399 g/mol. The van der Waals surface area contributed by atoms with E-state index in [1.54, 1.807) is 34.5 Å². The lowest BCUT2D eigenvalue weighted by Crippen LogP contribution is -2.25. The molecule has 2 aromatic carbocycles. The van der Waals surface area contributed by atoms with E-state index in [0.29, 0.717) is 22.4 Å². The molecule has 0 radical (unpaired) electrons. The summed E-state index contributed by atoms with van der Waals surface area (Å²) in [6.45, 7) is 0. The summed E-state index contributed by atoms with van der Waals surface area (Å²) in [6, 6.07) is 10.4. The molecular formula is C20H16F3N5O. The first-order valence-electron chi connectivity index (χ1n) is 9.15. The number of hydrogen-bond donors (Lipinski definition) is 1. The fourth-order valence-electron chi connectivity index (χ4n) is 3.51. The van der Waals surface area contributed by atoms with Gasteiger partial charge in [-0.25, -0.2) is 4.68 Å². The number of halogens is 3. The van der Waals surface area contributed by atoms with Gasteiger partial charge in [0.25, 0.3) is 5.91 Å². The molecular weight excluding hydrogens is 383 g/mol. The standard InChI is InChI=1S/C20H16F3N5O/c1-27-19-17(25-26-27)15-10-11(18(29)24-13-5-6-13)2-9-16(15)28(19)14-7-3-12(4-8-14)20(21,22)23/h2-4,7-10,13H,5-6H2,1H3,(H,24,29). The van der Waals surface area contributed by atoms with Crippen molar-refractivity contribution in [3.8, 4) is 5.69 Å². The second-order valence-corrected chi connectivity index (χ2v) is 7.24. The minimum atomic E-state index is -4.40. The smallest absolute Gasteiger partial charge is 0.349 e. The second-order valence-electron chi connectivity index (χ2n) is 7.24. The van der Waals surface area contributed by atoms with Gasteiger partial charge in [0.05, 0.1) is 11.1 Å². The summed E-state index contributed by atoms with van der Waals surface area (Å²) < 4.78 is 42.2. The number of hydrogen-bond acceptors (Lipinski definition) is 3. The number of fused-ring (bicyclic) bond motifs is 3. The van der Waals surface area contributed by atoms with Gasteiger partial charge in [0, 0.05) is 29.7 Å². The summed E-state index contributed by atoms with van der Waals surface area (Å²) in [6.07, 6.45) is -2.41. The summed E-state index contributed by atoms with van der Waals surface area (Å²) >= 11 is 0. The highest BCUT2D eigenvalue weighted by molar-refractivity contribution is 6.09. The third-order valence-electron chi connectivity index (χ3n) is 5.13. The lowest BCUT2D eigenvalue weighted by Gasteiger charge is -2.11. The van der Waals surface area contributed by atoms with Crippen LogP contribution in [-0.4, -0.2) is 31.5 Å². The predicted molar refractivity (Wildman–Crippen MR) is 101 cm³/mol. The van der Waals surface area contributed by atoms with Crippen molar-refractivity contribution in [2.45, 2.75) is 25.1 Å². The Kier molecular flexibility index (Phi) is 3.71. The number of aryl methyl sites for hydroxylation is 1. The highest BCUT2D eigenvalue weighted by Gasteiger charge is 2.30. The first kappa shape index (κ1) is 17.7. The molecule has 29 heavy (non-hydrogen) atoms. The van der Waals surface area contributed by atoms with Crippen LogP contribution < -0.4 is 5.32 Å². The number of amides is 1. The topological polar surface area (TPSA) is 64.7 Å². The lowest BCUT2D eigenvalue weighted by atomic mass is 10.1. The van der Waals surface area contributed by atoms with E-state index in [4.69, 9.17) is 0 Å². The second kappa shape index (κ2) is 6.07. The molecule has 2 heterocycles. The molecule has 1 aliphatic carbocycles. The van der Waals surface area contributed by atoms with Crippen LogP contribution in [-0.2, 0) is 13.2 Å². The van der Waals surface area contributed by atoms with Gasteiger partial charge < -0.3 is 5.32 Å². The number of alkyl halides is 3. The average molecular weight is 399 g/mol. The minimum Gasteiger partial charge on any atom is -0.349 e. The summed E-state index contributed by atoms with van der Waals surface area (Å²) in [4.78, 5) is 12.4. The van der Waals surface area contributed by atoms with E-state index in [0.717, 1.165) is 35.9 Å². The van der Waals surface area contributed by atoms with Crippen LogP contribution in [0, 0.1) is 0 Å². The maximum atomic E-state index is 12.9. The van der Waals surface area contributed by atoms with Gasteiger partial charge in [-0.2, -0.15) is 13.2 Å². The Balaban J connectivity index is 1.67. The van der Waals surface area contributed by atoms with Crippen molar-refractivity contribution in [1.29, 1.82) is 0 Å². The Morgan fingerprint density at radius 3 is 2.52 bits per heavy atom. The summed E-state index contributed by atoms with van der Waals surface area (Å²) in [5, 5.41) is 11.9. The molecule has 1 aliphatic rings. The highest BCUT2D eigenvalue weighted by atomic mass is 19.4. The zero-order chi connectivity index (χ0) is 20.3. The van der Waals surface area contributed by atoms with Crippen molar-refractivity contribution in [3.05, 3.63) is 53.6 Å². The Hall–Kier alpha value is -3.36. The molecule has 1 amide bonds. The van der Waals surface area contributed by atoms with Gasteiger partial charge in [-0.3, -0.25) is 9.36 Å². The Bertz CT molecular complexity index is 1250. The molecule has 148 valence electrons. The van der Waals surface area contributed by atoms with Gasteiger partial charge in [0.2, 0.25) is 0 Å². The Morgan fingerprint density at radius 1 is 1.14 bits per heavy atom. The number of rotatable bonds is 3.